The van der Waals surface area contributed by atoms with Gasteiger partial charge < -0.3 is 5.11 Å². The zero-order valence-electron chi connectivity index (χ0n) is 10.8. The Bertz CT molecular complexity index is 164. The molecule has 0 atom stereocenters. The van der Waals surface area contributed by atoms with Crippen LogP contribution >= 0.6 is 0 Å². The topological polar surface area (TPSA) is 20.2 Å². The third-order valence-corrected chi connectivity index (χ3v) is 5.29. The summed E-state index contributed by atoms with van der Waals surface area (Å²) < 4.78 is 0. The molecule has 2 saturated carbocycles. The summed E-state index contributed by atoms with van der Waals surface area (Å²) in [6.45, 7) is 2.77. The molecule has 0 radical (unpaired) electrons. The second-order valence-electron chi connectivity index (χ2n) is 6.15. The molecule has 0 aliphatic heterocycles. The molecule has 0 heterocycles. The summed E-state index contributed by atoms with van der Waals surface area (Å²) in [4.78, 5) is 0. The van der Waals surface area contributed by atoms with Crippen molar-refractivity contribution in [3.63, 3.8) is 0 Å². The minimum Gasteiger partial charge on any atom is -0.396 e. The van der Waals surface area contributed by atoms with Crippen LogP contribution in [0.25, 0.3) is 0 Å². The molecule has 1 heteroatoms. The summed E-state index contributed by atoms with van der Waals surface area (Å²) in [6, 6.07) is 0. The minimum atomic E-state index is 0.426. The van der Waals surface area contributed by atoms with Gasteiger partial charge in [0.15, 0.2) is 0 Å². The highest BCUT2D eigenvalue weighted by Gasteiger charge is 2.30. The first-order chi connectivity index (χ1) is 7.83. The van der Waals surface area contributed by atoms with Crippen molar-refractivity contribution in [2.45, 2.75) is 64.7 Å². The first-order valence-electron chi connectivity index (χ1n) is 7.44. The Balaban J connectivity index is 1.73. The van der Waals surface area contributed by atoms with Crippen molar-refractivity contribution in [1.82, 2.24) is 0 Å². The lowest BCUT2D eigenvalue weighted by atomic mass is 9.69. The standard InChI is InChI=1S/C15H28O/c1-2-12-3-7-14(8-4-12)15-9-5-13(11-16)6-10-15/h12-16H,2-11H2,1H3/t12-,13?,14-,15?. The molecule has 94 valence electrons. The second kappa shape index (κ2) is 6.05. The average molecular weight is 224 g/mol. The third-order valence-electron chi connectivity index (χ3n) is 5.29. The van der Waals surface area contributed by atoms with Gasteiger partial charge in [0.2, 0.25) is 0 Å². The Hall–Kier alpha value is -0.0400. The summed E-state index contributed by atoms with van der Waals surface area (Å²) >= 11 is 0. The van der Waals surface area contributed by atoms with Crippen LogP contribution in [0.2, 0.25) is 0 Å². The fraction of sp³-hybridized carbons (Fsp3) is 1.00. The van der Waals surface area contributed by atoms with Crippen molar-refractivity contribution in [3.8, 4) is 0 Å². The maximum atomic E-state index is 9.15. The van der Waals surface area contributed by atoms with E-state index in [1.807, 2.05) is 0 Å². The predicted molar refractivity (Wildman–Crippen MR) is 68.3 cm³/mol. The maximum Gasteiger partial charge on any atom is 0.0459 e. The molecule has 0 bridgehead atoms. The van der Waals surface area contributed by atoms with Crippen molar-refractivity contribution < 1.29 is 5.11 Å². The highest BCUT2D eigenvalue weighted by molar-refractivity contribution is 4.81. The Morgan fingerprint density at radius 1 is 0.750 bits per heavy atom. The van der Waals surface area contributed by atoms with E-state index in [1.54, 1.807) is 0 Å². The molecule has 1 nitrogen and oxygen atoms in total. The molecule has 0 aromatic rings. The van der Waals surface area contributed by atoms with Gasteiger partial charge in [0.25, 0.3) is 0 Å². The van der Waals surface area contributed by atoms with Gasteiger partial charge in [-0.2, -0.15) is 0 Å². The first kappa shape index (κ1) is 12.4. The summed E-state index contributed by atoms with van der Waals surface area (Å²) in [5.41, 5.74) is 0. The molecule has 1 N–H and O–H groups in total. The number of hydrogen-bond acceptors (Lipinski definition) is 1. The lowest BCUT2D eigenvalue weighted by molar-refractivity contribution is 0.116. The van der Waals surface area contributed by atoms with Crippen LogP contribution in [0.4, 0.5) is 0 Å². The number of aliphatic hydroxyl groups excluding tert-OH is 1. The summed E-state index contributed by atoms with van der Waals surface area (Å²) in [5, 5.41) is 9.15. The van der Waals surface area contributed by atoms with Crippen LogP contribution in [0.3, 0.4) is 0 Å². The van der Waals surface area contributed by atoms with E-state index in [0.29, 0.717) is 12.5 Å². The van der Waals surface area contributed by atoms with Gasteiger partial charge in [-0.3, -0.25) is 0 Å². The van der Waals surface area contributed by atoms with E-state index in [2.05, 4.69) is 6.92 Å². The molecule has 2 aliphatic carbocycles. The highest BCUT2D eigenvalue weighted by Crippen LogP contribution is 2.41. The van der Waals surface area contributed by atoms with E-state index in [-0.39, 0.29) is 0 Å². The molecule has 2 rings (SSSR count). The fourth-order valence-electron chi connectivity index (χ4n) is 3.91. The van der Waals surface area contributed by atoms with Gasteiger partial charge in [-0.25, -0.2) is 0 Å². The summed E-state index contributed by atoms with van der Waals surface area (Å²) in [6.07, 6.45) is 12.7. The van der Waals surface area contributed by atoms with Gasteiger partial charge in [-0.1, -0.05) is 26.2 Å². The van der Waals surface area contributed by atoms with Gasteiger partial charge in [-0.05, 0) is 62.2 Å². The lowest BCUT2D eigenvalue weighted by Gasteiger charge is -2.37. The van der Waals surface area contributed by atoms with Crippen molar-refractivity contribution in [2.24, 2.45) is 23.7 Å². The van der Waals surface area contributed by atoms with Crippen molar-refractivity contribution in [1.29, 1.82) is 0 Å². The van der Waals surface area contributed by atoms with Crippen LogP contribution in [-0.4, -0.2) is 11.7 Å². The van der Waals surface area contributed by atoms with Gasteiger partial charge in [0.05, 0.1) is 0 Å². The Labute approximate surface area is 101 Å². The molecular weight excluding hydrogens is 196 g/mol. The monoisotopic (exact) mass is 224 g/mol. The van der Waals surface area contributed by atoms with Crippen LogP contribution < -0.4 is 0 Å². The first-order valence-corrected chi connectivity index (χ1v) is 7.44. The van der Waals surface area contributed by atoms with Gasteiger partial charge in [0.1, 0.15) is 0 Å². The SMILES string of the molecule is CC[C@H]1CC[C@H](C2CCC(CO)CC2)CC1. The van der Waals surface area contributed by atoms with Crippen LogP contribution in [0.5, 0.6) is 0 Å². The van der Waals surface area contributed by atoms with Crippen LogP contribution in [-0.2, 0) is 0 Å². The van der Waals surface area contributed by atoms with E-state index < -0.39 is 0 Å². The van der Waals surface area contributed by atoms with E-state index in [1.165, 1.54) is 57.8 Å². The molecule has 2 fully saturated rings. The minimum absolute atomic E-state index is 0.426. The van der Waals surface area contributed by atoms with E-state index in [4.69, 9.17) is 5.11 Å². The smallest absolute Gasteiger partial charge is 0.0459 e. The average Bonchev–Trinajstić information content (AvgIpc) is 2.39. The third kappa shape index (κ3) is 3.00. The molecule has 0 unspecified atom stereocenters. The molecule has 0 spiro atoms. The van der Waals surface area contributed by atoms with Crippen LogP contribution in [0.1, 0.15) is 64.7 Å². The van der Waals surface area contributed by atoms with Crippen LogP contribution in [0, 0.1) is 23.7 Å². The lowest BCUT2D eigenvalue weighted by Crippen LogP contribution is -2.26. The summed E-state index contributed by atoms with van der Waals surface area (Å²) in [5.74, 6) is 3.69. The maximum absolute atomic E-state index is 9.15. The van der Waals surface area contributed by atoms with Crippen molar-refractivity contribution >= 4 is 0 Å². The van der Waals surface area contributed by atoms with Gasteiger partial charge >= 0.3 is 0 Å². The molecule has 16 heavy (non-hydrogen) atoms. The predicted octanol–water partition coefficient (Wildman–Crippen LogP) is 4.00. The van der Waals surface area contributed by atoms with Gasteiger partial charge in [-0.15, -0.1) is 0 Å². The Morgan fingerprint density at radius 3 is 1.56 bits per heavy atom. The molecule has 2 aliphatic rings. The normalized spacial score (nSPS) is 40.9. The molecular formula is C15H28O. The Kier molecular flexibility index (Phi) is 4.69. The van der Waals surface area contributed by atoms with E-state index >= 15 is 0 Å². The second-order valence-corrected chi connectivity index (χ2v) is 6.15. The molecule has 0 aromatic carbocycles. The quantitative estimate of drug-likeness (QED) is 0.768. The molecule has 0 aromatic heterocycles. The molecule has 0 saturated heterocycles. The summed E-state index contributed by atoms with van der Waals surface area (Å²) in [7, 11) is 0. The van der Waals surface area contributed by atoms with Crippen molar-refractivity contribution in [3.05, 3.63) is 0 Å². The fourth-order valence-corrected chi connectivity index (χ4v) is 3.91. The Morgan fingerprint density at radius 2 is 1.19 bits per heavy atom. The number of rotatable bonds is 3. The number of hydrogen-bond donors (Lipinski definition) is 1. The van der Waals surface area contributed by atoms with Crippen LogP contribution in [0.15, 0.2) is 0 Å². The zero-order chi connectivity index (χ0) is 11.4. The molecule has 0 amide bonds. The number of aliphatic hydroxyl groups is 1. The highest BCUT2D eigenvalue weighted by atomic mass is 16.3. The van der Waals surface area contributed by atoms with Gasteiger partial charge in [0, 0.05) is 6.61 Å². The zero-order valence-corrected chi connectivity index (χ0v) is 10.8. The van der Waals surface area contributed by atoms with E-state index in [0.717, 1.165) is 17.8 Å². The van der Waals surface area contributed by atoms with Crippen molar-refractivity contribution in [2.75, 3.05) is 6.61 Å². The van der Waals surface area contributed by atoms with E-state index in [9.17, 15) is 0 Å². The largest absolute Gasteiger partial charge is 0.396 e.